The lowest BCUT2D eigenvalue weighted by Crippen LogP contribution is -2.40. The predicted molar refractivity (Wildman–Crippen MR) is 64.2 cm³/mol. The average molecular weight is 217 g/mol. The fraction of sp³-hybridized carbons (Fsp3) is 1.00. The molecule has 0 aromatic heterocycles. The Kier molecular flexibility index (Phi) is 8.02. The van der Waals surface area contributed by atoms with E-state index in [1.807, 2.05) is 6.92 Å². The second-order valence-corrected chi connectivity index (χ2v) is 4.62. The largest absolute Gasteiger partial charge is 0.383 e. The Labute approximate surface area is 94.5 Å². The molecule has 3 heteroatoms. The van der Waals surface area contributed by atoms with Crippen molar-refractivity contribution in [3.05, 3.63) is 0 Å². The van der Waals surface area contributed by atoms with Gasteiger partial charge in [-0.2, -0.15) is 0 Å². The standard InChI is InChI=1S/C12H27NO2/c1-6-15-10-12(4,11(2)3)9-13-7-8-14-5/h11,13H,6-10H2,1-5H3. The molecule has 0 amide bonds. The van der Waals surface area contributed by atoms with E-state index in [0.717, 1.165) is 32.9 Å². The molecule has 0 rings (SSSR count). The van der Waals surface area contributed by atoms with Crippen molar-refractivity contribution in [2.75, 3.05) is 40.0 Å². The van der Waals surface area contributed by atoms with Gasteiger partial charge in [-0.25, -0.2) is 0 Å². The second-order valence-electron chi connectivity index (χ2n) is 4.62. The van der Waals surface area contributed by atoms with Crippen molar-refractivity contribution >= 4 is 0 Å². The van der Waals surface area contributed by atoms with Crippen molar-refractivity contribution in [1.82, 2.24) is 5.32 Å². The van der Waals surface area contributed by atoms with Crippen molar-refractivity contribution < 1.29 is 9.47 Å². The first kappa shape index (κ1) is 14.9. The molecule has 15 heavy (non-hydrogen) atoms. The number of nitrogens with one attached hydrogen (secondary N) is 1. The molecular weight excluding hydrogens is 190 g/mol. The third-order valence-electron chi connectivity index (χ3n) is 3.04. The zero-order valence-corrected chi connectivity index (χ0v) is 10.9. The van der Waals surface area contributed by atoms with Gasteiger partial charge in [0.2, 0.25) is 0 Å². The van der Waals surface area contributed by atoms with E-state index in [-0.39, 0.29) is 5.41 Å². The Bertz CT molecular complexity index is 151. The Balaban J connectivity index is 3.90. The molecule has 0 fully saturated rings. The van der Waals surface area contributed by atoms with Crippen molar-refractivity contribution in [1.29, 1.82) is 0 Å². The first-order valence-electron chi connectivity index (χ1n) is 5.84. The van der Waals surface area contributed by atoms with Crippen LogP contribution in [-0.4, -0.2) is 40.0 Å². The Hall–Kier alpha value is -0.120. The van der Waals surface area contributed by atoms with Crippen molar-refractivity contribution in [3.63, 3.8) is 0 Å². The van der Waals surface area contributed by atoms with Crippen LogP contribution in [0.4, 0.5) is 0 Å². The summed E-state index contributed by atoms with van der Waals surface area (Å²) in [4.78, 5) is 0. The van der Waals surface area contributed by atoms with Gasteiger partial charge in [0.15, 0.2) is 0 Å². The van der Waals surface area contributed by atoms with Gasteiger partial charge >= 0.3 is 0 Å². The Morgan fingerprint density at radius 2 is 2.00 bits per heavy atom. The first-order chi connectivity index (χ1) is 7.06. The van der Waals surface area contributed by atoms with E-state index in [0.29, 0.717) is 5.92 Å². The van der Waals surface area contributed by atoms with E-state index in [1.165, 1.54) is 0 Å². The summed E-state index contributed by atoms with van der Waals surface area (Å²) in [6.45, 7) is 13.1. The van der Waals surface area contributed by atoms with Crippen LogP contribution in [-0.2, 0) is 9.47 Å². The molecule has 0 saturated carbocycles. The first-order valence-corrected chi connectivity index (χ1v) is 5.84. The minimum atomic E-state index is 0.212. The average Bonchev–Trinajstić information content (AvgIpc) is 2.21. The highest BCUT2D eigenvalue weighted by molar-refractivity contribution is 4.79. The van der Waals surface area contributed by atoms with Crippen LogP contribution in [0.15, 0.2) is 0 Å². The van der Waals surface area contributed by atoms with Gasteiger partial charge in [0.05, 0.1) is 13.2 Å². The summed E-state index contributed by atoms with van der Waals surface area (Å²) < 4.78 is 10.6. The van der Waals surface area contributed by atoms with Crippen LogP contribution < -0.4 is 5.32 Å². The molecule has 0 heterocycles. The fourth-order valence-electron chi connectivity index (χ4n) is 1.31. The molecule has 0 aromatic rings. The van der Waals surface area contributed by atoms with Crippen LogP contribution in [0.25, 0.3) is 0 Å². The maximum atomic E-state index is 5.55. The van der Waals surface area contributed by atoms with E-state index in [4.69, 9.17) is 9.47 Å². The molecule has 92 valence electrons. The number of hydrogen-bond donors (Lipinski definition) is 1. The van der Waals surface area contributed by atoms with Crippen molar-refractivity contribution in [2.24, 2.45) is 11.3 Å². The van der Waals surface area contributed by atoms with Crippen molar-refractivity contribution in [3.8, 4) is 0 Å². The molecule has 1 unspecified atom stereocenters. The monoisotopic (exact) mass is 217 g/mol. The highest BCUT2D eigenvalue weighted by Gasteiger charge is 2.27. The molecule has 0 spiro atoms. The lowest BCUT2D eigenvalue weighted by Gasteiger charge is -2.33. The minimum absolute atomic E-state index is 0.212. The smallest absolute Gasteiger partial charge is 0.0587 e. The van der Waals surface area contributed by atoms with Crippen LogP contribution in [0.2, 0.25) is 0 Å². The zero-order chi connectivity index (χ0) is 11.7. The van der Waals surface area contributed by atoms with Gasteiger partial charge in [-0.15, -0.1) is 0 Å². The SMILES string of the molecule is CCOCC(C)(CNCCOC)C(C)C. The molecule has 0 saturated heterocycles. The summed E-state index contributed by atoms with van der Waals surface area (Å²) in [7, 11) is 1.73. The molecule has 0 aliphatic rings. The van der Waals surface area contributed by atoms with E-state index >= 15 is 0 Å². The number of rotatable bonds is 9. The fourth-order valence-corrected chi connectivity index (χ4v) is 1.31. The van der Waals surface area contributed by atoms with Gasteiger partial charge in [0.25, 0.3) is 0 Å². The molecule has 0 radical (unpaired) electrons. The van der Waals surface area contributed by atoms with Gasteiger partial charge in [-0.1, -0.05) is 20.8 Å². The highest BCUT2D eigenvalue weighted by Crippen LogP contribution is 2.26. The molecule has 0 aliphatic heterocycles. The van der Waals surface area contributed by atoms with Crippen LogP contribution >= 0.6 is 0 Å². The molecule has 1 N–H and O–H groups in total. The zero-order valence-electron chi connectivity index (χ0n) is 10.9. The van der Waals surface area contributed by atoms with Crippen LogP contribution in [0.5, 0.6) is 0 Å². The molecular formula is C12H27NO2. The van der Waals surface area contributed by atoms with E-state index in [1.54, 1.807) is 7.11 Å². The second kappa shape index (κ2) is 8.08. The van der Waals surface area contributed by atoms with E-state index < -0.39 is 0 Å². The molecule has 0 aliphatic carbocycles. The number of ether oxygens (including phenoxy) is 2. The lowest BCUT2D eigenvalue weighted by molar-refractivity contribution is 0.0317. The highest BCUT2D eigenvalue weighted by atomic mass is 16.5. The van der Waals surface area contributed by atoms with Gasteiger partial charge in [-0.3, -0.25) is 0 Å². The Morgan fingerprint density at radius 1 is 1.33 bits per heavy atom. The minimum Gasteiger partial charge on any atom is -0.383 e. The Morgan fingerprint density at radius 3 is 2.47 bits per heavy atom. The summed E-state index contributed by atoms with van der Waals surface area (Å²) in [5.41, 5.74) is 0.212. The van der Waals surface area contributed by atoms with E-state index in [2.05, 4.69) is 26.1 Å². The summed E-state index contributed by atoms with van der Waals surface area (Å²) >= 11 is 0. The summed E-state index contributed by atoms with van der Waals surface area (Å²) in [6, 6.07) is 0. The van der Waals surface area contributed by atoms with Gasteiger partial charge in [0, 0.05) is 32.2 Å². The lowest BCUT2D eigenvalue weighted by atomic mass is 9.80. The third kappa shape index (κ3) is 6.13. The molecule has 1 atom stereocenters. The van der Waals surface area contributed by atoms with Crippen LogP contribution in [0, 0.1) is 11.3 Å². The third-order valence-corrected chi connectivity index (χ3v) is 3.04. The van der Waals surface area contributed by atoms with Crippen LogP contribution in [0.3, 0.4) is 0 Å². The van der Waals surface area contributed by atoms with Gasteiger partial charge in [0.1, 0.15) is 0 Å². The summed E-state index contributed by atoms with van der Waals surface area (Å²) in [6.07, 6.45) is 0. The topological polar surface area (TPSA) is 30.5 Å². The summed E-state index contributed by atoms with van der Waals surface area (Å²) in [5.74, 6) is 0.610. The number of hydrogen-bond acceptors (Lipinski definition) is 3. The maximum Gasteiger partial charge on any atom is 0.0587 e. The number of methoxy groups -OCH3 is 1. The van der Waals surface area contributed by atoms with E-state index in [9.17, 15) is 0 Å². The quantitative estimate of drug-likeness (QED) is 0.599. The van der Waals surface area contributed by atoms with Gasteiger partial charge < -0.3 is 14.8 Å². The van der Waals surface area contributed by atoms with Crippen LogP contribution in [0.1, 0.15) is 27.7 Å². The normalized spacial score (nSPS) is 15.6. The molecule has 0 bridgehead atoms. The molecule has 0 aromatic carbocycles. The summed E-state index contributed by atoms with van der Waals surface area (Å²) in [5, 5.41) is 3.41. The maximum absolute atomic E-state index is 5.55. The van der Waals surface area contributed by atoms with Gasteiger partial charge in [-0.05, 0) is 12.8 Å². The predicted octanol–water partition coefficient (Wildman–Crippen LogP) is 1.92. The molecule has 3 nitrogen and oxygen atoms in total. The van der Waals surface area contributed by atoms with Crippen molar-refractivity contribution in [2.45, 2.75) is 27.7 Å².